The molecule has 0 spiro atoms. The van der Waals surface area contributed by atoms with Crippen molar-refractivity contribution in [2.45, 2.75) is 13.8 Å². The van der Waals surface area contributed by atoms with Crippen molar-refractivity contribution in [2.24, 2.45) is 5.10 Å². The number of rotatable bonds is 3. The van der Waals surface area contributed by atoms with Crippen LogP contribution in [-0.2, 0) is 0 Å². The lowest BCUT2D eigenvalue weighted by Crippen LogP contribution is -2.17. The highest BCUT2D eigenvalue weighted by Gasteiger charge is 2.10. The van der Waals surface area contributed by atoms with E-state index in [1.165, 1.54) is 11.0 Å². The molecule has 0 N–H and O–H groups in total. The molecular formula is C21H17ClN4O. The molecule has 27 heavy (non-hydrogen) atoms. The number of hydrogen-bond donors (Lipinski definition) is 0. The topological polar surface area (TPSA) is 52.2 Å². The van der Waals surface area contributed by atoms with Gasteiger partial charge in [-0.25, -0.2) is 4.98 Å². The van der Waals surface area contributed by atoms with Crippen LogP contribution in [0.25, 0.3) is 16.6 Å². The van der Waals surface area contributed by atoms with Crippen molar-refractivity contribution in [3.8, 4) is 5.69 Å². The number of fused-ring (bicyclic) bond motifs is 1. The van der Waals surface area contributed by atoms with E-state index in [0.717, 1.165) is 22.6 Å². The molecule has 6 heteroatoms. The second-order valence-electron chi connectivity index (χ2n) is 6.29. The van der Waals surface area contributed by atoms with E-state index in [0.29, 0.717) is 15.9 Å². The molecule has 2 heterocycles. The van der Waals surface area contributed by atoms with Crippen molar-refractivity contribution in [3.05, 3.63) is 93.3 Å². The molecule has 0 aliphatic rings. The van der Waals surface area contributed by atoms with Gasteiger partial charge in [-0.3, -0.25) is 4.79 Å². The van der Waals surface area contributed by atoms with Crippen molar-refractivity contribution < 1.29 is 0 Å². The van der Waals surface area contributed by atoms with Gasteiger partial charge in [0.15, 0.2) is 0 Å². The van der Waals surface area contributed by atoms with Crippen molar-refractivity contribution in [2.75, 3.05) is 0 Å². The number of hydrogen-bond acceptors (Lipinski definition) is 3. The van der Waals surface area contributed by atoms with E-state index in [-0.39, 0.29) is 5.56 Å². The number of halogens is 1. The summed E-state index contributed by atoms with van der Waals surface area (Å²) in [5, 5.41) is 5.58. The Morgan fingerprint density at radius 2 is 1.81 bits per heavy atom. The number of nitrogens with zero attached hydrogens (tertiary/aromatic N) is 4. The average Bonchev–Trinajstić information content (AvgIpc) is 2.96. The van der Waals surface area contributed by atoms with E-state index in [2.05, 4.69) is 14.7 Å². The summed E-state index contributed by atoms with van der Waals surface area (Å²) >= 11 is 5.99. The molecule has 134 valence electrons. The smallest absolute Gasteiger partial charge is 0.281 e. The maximum absolute atomic E-state index is 12.6. The maximum Gasteiger partial charge on any atom is 0.281 e. The van der Waals surface area contributed by atoms with Crippen LogP contribution in [0.4, 0.5) is 0 Å². The molecule has 0 aliphatic carbocycles. The second-order valence-corrected chi connectivity index (χ2v) is 6.73. The summed E-state index contributed by atoms with van der Waals surface area (Å²) in [5.41, 5.74) is 4.53. The van der Waals surface area contributed by atoms with Crippen molar-refractivity contribution in [1.82, 2.24) is 14.2 Å². The van der Waals surface area contributed by atoms with Gasteiger partial charge in [0, 0.05) is 27.7 Å². The van der Waals surface area contributed by atoms with Crippen molar-refractivity contribution >= 4 is 28.7 Å². The summed E-state index contributed by atoms with van der Waals surface area (Å²) in [6, 6.07) is 16.9. The van der Waals surface area contributed by atoms with E-state index < -0.39 is 0 Å². The highest BCUT2D eigenvalue weighted by atomic mass is 35.5. The molecular weight excluding hydrogens is 360 g/mol. The quantitative estimate of drug-likeness (QED) is 0.499. The molecule has 0 unspecified atom stereocenters. The van der Waals surface area contributed by atoms with Crippen molar-refractivity contribution in [3.63, 3.8) is 0 Å². The lowest BCUT2D eigenvalue weighted by molar-refractivity contribution is 0.817. The number of para-hydroxylation sites is 1. The van der Waals surface area contributed by atoms with Gasteiger partial charge in [0.05, 0.1) is 17.1 Å². The first-order chi connectivity index (χ1) is 13.0. The van der Waals surface area contributed by atoms with Crippen LogP contribution in [0.3, 0.4) is 0 Å². The molecule has 0 saturated heterocycles. The molecule has 0 aliphatic heterocycles. The third-order valence-electron chi connectivity index (χ3n) is 4.53. The van der Waals surface area contributed by atoms with E-state index in [9.17, 15) is 4.79 Å². The predicted molar refractivity (Wildman–Crippen MR) is 109 cm³/mol. The zero-order chi connectivity index (χ0) is 19.0. The highest BCUT2D eigenvalue weighted by Crippen LogP contribution is 2.21. The maximum atomic E-state index is 12.6. The zero-order valence-corrected chi connectivity index (χ0v) is 15.7. The second kappa shape index (κ2) is 6.85. The van der Waals surface area contributed by atoms with Crippen LogP contribution in [0.1, 0.15) is 17.0 Å². The molecule has 0 saturated carbocycles. The zero-order valence-electron chi connectivity index (χ0n) is 14.9. The Kier molecular flexibility index (Phi) is 4.38. The third kappa shape index (κ3) is 3.17. The Morgan fingerprint density at radius 3 is 2.59 bits per heavy atom. The SMILES string of the molecule is Cc1cc(/C=N/n2cnc3ccccc3c2=O)c(C)n1-c1ccc(Cl)cc1. The molecule has 4 aromatic rings. The van der Waals surface area contributed by atoms with Gasteiger partial charge in [-0.2, -0.15) is 9.78 Å². The lowest BCUT2D eigenvalue weighted by atomic mass is 10.2. The van der Waals surface area contributed by atoms with Gasteiger partial charge in [0.2, 0.25) is 0 Å². The number of benzene rings is 2. The van der Waals surface area contributed by atoms with Crippen LogP contribution in [-0.4, -0.2) is 20.4 Å². The summed E-state index contributed by atoms with van der Waals surface area (Å²) in [4.78, 5) is 16.8. The Bertz CT molecular complexity index is 1220. The molecule has 0 amide bonds. The minimum Gasteiger partial charge on any atom is -0.318 e. The van der Waals surface area contributed by atoms with Gasteiger partial charge in [-0.05, 0) is 56.3 Å². The third-order valence-corrected chi connectivity index (χ3v) is 4.78. The van der Waals surface area contributed by atoms with Crippen LogP contribution in [0.2, 0.25) is 5.02 Å². The summed E-state index contributed by atoms with van der Waals surface area (Å²) in [6.45, 7) is 4.05. The molecule has 2 aromatic heterocycles. The van der Waals surface area contributed by atoms with Crippen LogP contribution in [0.15, 0.2) is 70.8 Å². The average molecular weight is 377 g/mol. The standard InChI is InChI=1S/C21H17ClN4O/c1-14-11-16(15(2)26(14)18-9-7-17(22)8-10-18)12-24-25-13-23-20-6-4-3-5-19(20)21(25)27/h3-13H,1-2H3/b24-12+. The first kappa shape index (κ1) is 17.2. The molecule has 0 atom stereocenters. The number of aryl methyl sites for hydroxylation is 1. The first-order valence-electron chi connectivity index (χ1n) is 8.50. The van der Waals surface area contributed by atoms with E-state index >= 15 is 0 Å². The number of aromatic nitrogens is 3. The fourth-order valence-corrected chi connectivity index (χ4v) is 3.30. The molecule has 0 bridgehead atoms. The Hall–Kier alpha value is -3.18. The van der Waals surface area contributed by atoms with E-state index in [1.807, 2.05) is 62.4 Å². The van der Waals surface area contributed by atoms with Gasteiger partial charge in [-0.15, -0.1) is 0 Å². The molecule has 5 nitrogen and oxygen atoms in total. The van der Waals surface area contributed by atoms with Crippen LogP contribution in [0, 0.1) is 13.8 Å². The van der Waals surface area contributed by atoms with Crippen LogP contribution in [0.5, 0.6) is 0 Å². The Morgan fingerprint density at radius 1 is 1.07 bits per heavy atom. The summed E-state index contributed by atoms with van der Waals surface area (Å²) in [5.74, 6) is 0. The monoisotopic (exact) mass is 376 g/mol. The van der Waals surface area contributed by atoms with Gasteiger partial charge < -0.3 is 4.57 Å². The summed E-state index contributed by atoms with van der Waals surface area (Å²) in [7, 11) is 0. The Balaban J connectivity index is 1.73. The summed E-state index contributed by atoms with van der Waals surface area (Å²) in [6.07, 6.45) is 3.13. The van der Waals surface area contributed by atoms with Crippen LogP contribution < -0.4 is 5.56 Å². The first-order valence-corrected chi connectivity index (χ1v) is 8.88. The van der Waals surface area contributed by atoms with Gasteiger partial charge in [-0.1, -0.05) is 23.7 Å². The normalized spacial score (nSPS) is 11.5. The minimum absolute atomic E-state index is 0.191. The van der Waals surface area contributed by atoms with Gasteiger partial charge in [0.25, 0.3) is 5.56 Å². The van der Waals surface area contributed by atoms with Crippen molar-refractivity contribution in [1.29, 1.82) is 0 Å². The molecule has 2 aromatic carbocycles. The predicted octanol–water partition coefficient (Wildman–Crippen LogP) is 4.34. The fraction of sp³-hybridized carbons (Fsp3) is 0.0952. The highest BCUT2D eigenvalue weighted by molar-refractivity contribution is 6.30. The van der Waals surface area contributed by atoms with E-state index in [4.69, 9.17) is 11.6 Å². The molecule has 4 rings (SSSR count). The summed E-state index contributed by atoms with van der Waals surface area (Å²) < 4.78 is 3.38. The molecule has 0 fully saturated rings. The molecule has 0 radical (unpaired) electrons. The van der Waals surface area contributed by atoms with E-state index in [1.54, 1.807) is 12.3 Å². The minimum atomic E-state index is -0.191. The van der Waals surface area contributed by atoms with Gasteiger partial charge in [0.1, 0.15) is 6.33 Å². The fourth-order valence-electron chi connectivity index (χ4n) is 3.17. The lowest BCUT2D eigenvalue weighted by Gasteiger charge is -2.09. The Labute approximate surface area is 161 Å². The van der Waals surface area contributed by atoms with Crippen LogP contribution >= 0.6 is 11.6 Å². The van der Waals surface area contributed by atoms with Gasteiger partial charge >= 0.3 is 0 Å². The largest absolute Gasteiger partial charge is 0.318 e.